The Labute approximate surface area is 164 Å². The highest BCUT2D eigenvalue weighted by atomic mass is 19.1. The lowest BCUT2D eigenvalue weighted by atomic mass is 9.99. The van der Waals surface area contributed by atoms with Crippen molar-refractivity contribution in [1.82, 2.24) is 15.1 Å². The number of carbonyl (C=O) groups excluding carboxylic acids is 2. The number of hydrogen-bond acceptors (Lipinski definition) is 3. The van der Waals surface area contributed by atoms with Gasteiger partial charge in [0.05, 0.1) is 12.0 Å². The van der Waals surface area contributed by atoms with Crippen molar-refractivity contribution in [3.05, 3.63) is 71.5 Å². The van der Waals surface area contributed by atoms with Gasteiger partial charge in [-0.25, -0.2) is 4.39 Å². The van der Waals surface area contributed by atoms with Gasteiger partial charge < -0.3 is 15.1 Å². The van der Waals surface area contributed by atoms with Crippen LogP contribution in [0.15, 0.2) is 54.6 Å². The predicted molar refractivity (Wildman–Crippen MR) is 104 cm³/mol. The smallest absolute Gasteiger partial charge is 0.228 e. The van der Waals surface area contributed by atoms with E-state index in [0.717, 1.165) is 11.1 Å². The summed E-state index contributed by atoms with van der Waals surface area (Å²) in [6.07, 6.45) is 0.242. The second-order valence-electron chi connectivity index (χ2n) is 7.47. The molecule has 2 unspecified atom stereocenters. The molecule has 2 aromatic carbocycles. The molecule has 2 saturated heterocycles. The third-order valence-corrected chi connectivity index (χ3v) is 5.54. The Morgan fingerprint density at radius 3 is 2.75 bits per heavy atom. The van der Waals surface area contributed by atoms with E-state index in [9.17, 15) is 14.0 Å². The van der Waals surface area contributed by atoms with E-state index in [2.05, 4.69) is 5.32 Å². The van der Waals surface area contributed by atoms with E-state index >= 15 is 0 Å². The van der Waals surface area contributed by atoms with E-state index in [1.54, 1.807) is 11.0 Å². The van der Waals surface area contributed by atoms with Crippen LogP contribution in [0.1, 0.15) is 23.6 Å². The Morgan fingerprint density at radius 2 is 1.96 bits per heavy atom. The number of rotatable bonds is 4. The lowest BCUT2D eigenvalue weighted by Crippen LogP contribution is -2.50. The zero-order valence-electron chi connectivity index (χ0n) is 15.7. The van der Waals surface area contributed by atoms with Crippen LogP contribution < -0.4 is 5.32 Å². The average Bonchev–Trinajstić information content (AvgIpc) is 3.08. The van der Waals surface area contributed by atoms with Crippen LogP contribution in [0.5, 0.6) is 0 Å². The van der Waals surface area contributed by atoms with Crippen molar-refractivity contribution >= 4 is 11.8 Å². The predicted octanol–water partition coefficient (Wildman–Crippen LogP) is 2.35. The van der Waals surface area contributed by atoms with Gasteiger partial charge in [-0.15, -0.1) is 0 Å². The monoisotopic (exact) mass is 381 g/mol. The van der Waals surface area contributed by atoms with Gasteiger partial charge in [0.2, 0.25) is 11.8 Å². The molecule has 2 amide bonds. The van der Waals surface area contributed by atoms with Gasteiger partial charge in [-0.2, -0.15) is 0 Å². The first kappa shape index (κ1) is 18.6. The van der Waals surface area contributed by atoms with E-state index in [0.29, 0.717) is 32.7 Å². The molecular formula is C22H24FN3O2. The van der Waals surface area contributed by atoms with Crippen molar-refractivity contribution in [2.45, 2.75) is 19.0 Å². The van der Waals surface area contributed by atoms with Crippen LogP contribution in [0.2, 0.25) is 0 Å². The van der Waals surface area contributed by atoms with E-state index in [4.69, 9.17) is 0 Å². The molecule has 1 N–H and O–H groups in total. The van der Waals surface area contributed by atoms with Gasteiger partial charge in [-0.1, -0.05) is 42.5 Å². The molecule has 0 spiro atoms. The zero-order valence-corrected chi connectivity index (χ0v) is 15.7. The average molecular weight is 381 g/mol. The van der Waals surface area contributed by atoms with Crippen LogP contribution in [-0.2, 0) is 16.1 Å². The van der Waals surface area contributed by atoms with Crippen molar-refractivity contribution in [3.8, 4) is 0 Å². The Balaban J connectivity index is 1.47. The largest absolute Gasteiger partial charge is 0.338 e. The molecule has 2 heterocycles. The Bertz CT molecular complexity index is 858. The first-order chi connectivity index (χ1) is 13.6. The lowest BCUT2D eigenvalue weighted by molar-refractivity contribution is -0.139. The summed E-state index contributed by atoms with van der Waals surface area (Å²) in [4.78, 5) is 29.3. The van der Waals surface area contributed by atoms with E-state index in [1.165, 1.54) is 12.1 Å². The van der Waals surface area contributed by atoms with Crippen molar-refractivity contribution in [3.63, 3.8) is 0 Å². The van der Waals surface area contributed by atoms with Crippen LogP contribution in [0.4, 0.5) is 4.39 Å². The molecule has 0 bridgehead atoms. The van der Waals surface area contributed by atoms with Crippen LogP contribution in [0, 0.1) is 11.7 Å². The molecule has 0 aromatic heterocycles. The molecular weight excluding hydrogens is 357 g/mol. The van der Waals surface area contributed by atoms with Crippen molar-refractivity contribution in [1.29, 1.82) is 0 Å². The molecule has 2 aromatic rings. The first-order valence-electron chi connectivity index (χ1n) is 9.70. The van der Waals surface area contributed by atoms with E-state index in [-0.39, 0.29) is 36.0 Å². The molecule has 4 rings (SSSR count). The van der Waals surface area contributed by atoms with Crippen LogP contribution in [0.25, 0.3) is 0 Å². The number of nitrogens with zero attached hydrogens (tertiary/aromatic N) is 2. The molecule has 2 aliphatic heterocycles. The molecule has 0 saturated carbocycles. The minimum atomic E-state index is -0.342. The fraction of sp³-hybridized carbons (Fsp3) is 0.364. The second-order valence-corrected chi connectivity index (χ2v) is 7.47. The quantitative estimate of drug-likeness (QED) is 0.885. The minimum Gasteiger partial charge on any atom is -0.338 e. The van der Waals surface area contributed by atoms with Gasteiger partial charge in [0.15, 0.2) is 0 Å². The van der Waals surface area contributed by atoms with Crippen molar-refractivity contribution in [2.24, 2.45) is 5.92 Å². The van der Waals surface area contributed by atoms with Crippen LogP contribution in [0.3, 0.4) is 0 Å². The normalized spacial score (nSPS) is 22.5. The SMILES string of the molecule is O=C1CC(C(=O)N2CCNCC2c2cccc(F)c2)CN1Cc1ccccc1. The summed E-state index contributed by atoms with van der Waals surface area (Å²) in [5.41, 5.74) is 1.84. The highest BCUT2D eigenvalue weighted by molar-refractivity contribution is 5.89. The van der Waals surface area contributed by atoms with Gasteiger partial charge in [0.25, 0.3) is 0 Å². The fourth-order valence-corrected chi connectivity index (χ4v) is 4.11. The summed E-state index contributed by atoms with van der Waals surface area (Å²) in [7, 11) is 0. The standard InChI is InChI=1S/C22H24FN3O2/c23-19-8-4-7-17(11-19)20-13-24-9-10-26(20)22(28)18-12-21(27)25(15-18)14-16-5-2-1-3-6-16/h1-8,11,18,20,24H,9-10,12-15H2. The van der Waals surface area contributed by atoms with Crippen molar-refractivity contribution in [2.75, 3.05) is 26.2 Å². The topological polar surface area (TPSA) is 52.7 Å². The highest BCUT2D eigenvalue weighted by Gasteiger charge is 2.39. The molecule has 2 aliphatic rings. The Kier molecular flexibility index (Phi) is 5.39. The van der Waals surface area contributed by atoms with Crippen LogP contribution in [-0.4, -0.2) is 47.8 Å². The summed E-state index contributed by atoms with van der Waals surface area (Å²) < 4.78 is 13.7. The van der Waals surface area contributed by atoms with Gasteiger partial charge in [0, 0.05) is 39.1 Å². The summed E-state index contributed by atoms with van der Waals surface area (Å²) in [6.45, 7) is 2.81. The zero-order chi connectivity index (χ0) is 19.5. The second kappa shape index (κ2) is 8.10. The maximum atomic E-state index is 13.7. The number of piperazine rings is 1. The number of nitrogens with one attached hydrogen (secondary N) is 1. The lowest BCUT2D eigenvalue weighted by Gasteiger charge is -2.38. The number of hydrogen-bond donors (Lipinski definition) is 1. The number of benzene rings is 2. The Morgan fingerprint density at radius 1 is 1.14 bits per heavy atom. The van der Waals surface area contributed by atoms with E-state index < -0.39 is 0 Å². The summed E-state index contributed by atoms with van der Waals surface area (Å²) in [5, 5.41) is 3.28. The fourth-order valence-electron chi connectivity index (χ4n) is 4.11. The molecule has 0 radical (unpaired) electrons. The van der Waals surface area contributed by atoms with Gasteiger partial charge in [-0.05, 0) is 23.3 Å². The molecule has 2 fully saturated rings. The molecule has 0 aliphatic carbocycles. The number of likely N-dealkylation sites (tertiary alicyclic amines) is 1. The van der Waals surface area contributed by atoms with E-state index in [1.807, 2.05) is 41.3 Å². The maximum absolute atomic E-state index is 13.7. The molecule has 146 valence electrons. The molecule has 6 heteroatoms. The highest BCUT2D eigenvalue weighted by Crippen LogP contribution is 2.28. The van der Waals surface area contributed by atoms with Gasteiger partial charge in [0.1, 0.15) is 5.82 Å². The van der Waals surface area contributed by atoms with Crippen molar-refractivity contribution < 1.29 is 14.0 Å². The number of carbonyl (C=O) groups is 2. The Hall–Kier alpha value is -2.73. The maximum Gasteiger partial charge on any atom is 0.228 e. The number of halogens is 1. The van der Waals surface area contributed by atoms with Gasteiger partial charge >= 0.3 is 0 Å². The van der Waals surface area contributed by atoms with Gasteiger partial charge in [-0.3, -0.25) is 9.59 Å². The summed E-state index contributed by atoms with van der Waals surface area (Å²) in [6, 6.07) is 16.0. The third kappa shape index (κ3) is 3.92. The van der Waals surface area contributed by atoms with Crippen LogP contribution >= 0.6 is 0 Å². The third-order valence-electron chi connectivity index (χ3n) is 5.54. The minimum absolute atomic E-state index is 0.0136. The summed E-state index contributed by atoms with van der Waals surface area (Å²) in [5.74, 6) is -0.648. The molecule has 2 atom stereocenters. The number of amides is 2. The molecule has 5 nitrogen and oxygen atoms in total. The molecule has 28 heavy (non-hydrogen) atoms. The summed E-state index contributed by atoms with van der Waals surface area (Å²) >= 11 is 0. The first-order valence-corrected chi connectivity index (χ1v) is 9.70.